The minimum atomic E-state index is -0.872. The van der Waals surface area contributed by atoms with Crippen LogP contribution in [-0.2, 0) is 22.4 Å². The second-order valence-corrected chi connectivity index (χ2v) is 5.90. The predicted molar refractivity (Wildman–Crippen MR) is 91.4 cm³/mol. The number of nitrogens with one attached hydrogen (secondary N) is 1. The van der Waals surface area contributed by atoms with E-state index in [1.165, 1.54) is 0 Å². The van der Waals surface area contributed by atoms with Crippen LogP contribution in [-0.4, -0.2) is 17.9 Å². The summed E-state index contributed by atoms with van der Waals surface area (Å²) in [6.45, 7) is 0. The van der Waals surface area contributed by atoms with Gasteiger partial charge in [0.2, 0.25) is 11.8 Å². The standard InChI is InChI=1S/C17H16Cl2N2O2/c18-13-7-4-8-14(19)12(13)10-15(17(20)23)21-16(22)9-11-5-2-1-3-6-11/h1-8,15H,9-10H2,(H2,20,23)(H,21,22)/t15-/m1/s1. The highest BCUT2D eigenvalue weighted by atomic mass is 35.5. The van der Waals surface area contributed by atoms with Crippen LogP contribution in [0, 0.1) is 0 Å². The van der Waals surface area contributed by atoms with Crippen molar-refractivity contribution in [2.24, 2.45) is 5.73 Å². The number of carbonyl (C=O) groups excluding carboxylic acids is 2. The van der Waals surface area contributed by atoms with Crippen LogP contribution < -0.4 is 11.1 Å². The lowest BCUT2D eigenvalue weighted by Crippen LogP contribution is -2.46. The molecule has 1 atom stereocenters. The Hall–Kier alpha value is -2.04. The van der Waals surface area contributed by atoms with E-state index in [0.717, 1.165) is 5.56 Å². The van der Waals surface area contributed by atoms with Crippen LogP contribution in [0.3, 0.4) is 0 Å². The molecule has 0 heterocycles. The van der Waals surface area contributed by atoms with Crippen molar-refractivity contribution in [3.05, 3.63) is 69.7 Å². The molecule has 3 N–H and O–H groups in total. The number of halogens is 2. The zero-order valence-corrected chi connectivity index (χ0v) is 13.8. The molecule has 0 aliphatic heterocycles. The van der Waals surface area contributed by atoms with Crippen LogP contribution in [0.2, 0.25) is 10.0 Å². The minimum Gasteiger partial charge on any atom is -0.368 e. The first kappa shape index (κ1) is 17.3. The van der Waals surface area contributed by atoms with Crippen molar-refractivity contribution in [2.45, 2.75) is 18.9 Å². The SMILES string of the molecule is NC(=O)[C@@H](Cc1c(Cl)cccc1Cl)NC(=O)Cc1ccccc1. The largest absolute Gasteiger partial charge is 0.368 e. The van der Waals surface area contributed by atoms with Gasteiger partial charge in [-0.25, -0.2) is 0 Å². The Morgan fingerprint density at radius 1 is 1.00 bits per heavy atom. The van der Waals surface area contributed by atoms with Gasteiger partial charge in [0.05, 0.1) is 6.42 Å². The lowest BCUT2D eigenvalue weighted by Gasteiger charge is -2.17. The summed E-state index contributed by atoms with van der Waals surface area (Å²) in [6.07, 6.45) is 0.315. The highest BCUT2D eigenvalue weighted by Crippen LogP contribution is 2.25. The summed E-state index contributed by atoms with van der Waals surface area (Å²) in [7, 11) is 0. The first-order valence-corrected chi connectivity index (χ1v) is 7.78. The molecule has 0 spiro atoms. The Bertz CT molecular complexity index is 685. The Morgan fingerprint density at radius 2 is 1.61 bits per heavy atom. The number of benzene rings is 2. The summed E-state index contributed by atoms with van der Waals surface area (Å²) in [5, 5.41) is 3.50. The fourth-order valence-corrected chi connectivity index (χ4v) is 2.73. The van der Waals surface area contributed by atoms with Gasteiger partial charge in [-0.3, -0.25) is 9.59 Å². The van der Waals surface area contributed by atoms with E-state index in [-0.39, 0.29) is 18.7 Å². The molecule has 2 amide bonds. The quantitative estimate of drug-likeness (QED) is 0.840. The molecule has 0 saturated heterocycles. The van der Waals surface area contributed by atoms with Gasteiger partial charge in [0, 0.05) is 16.5 Å². The normalized spacial score (nSPS) is 11.7. The van der Waals surface area contributed by atoms with Crippen molar-refractivity contribution in [3.8, 4) is 0 Å². The molecule has 2 aromatic carbocycles. The molecular formula is C17H16Cl2N2O2. The van der Waals surface area contributed by atoms with Gasteiger partial charge in [0.1, 0.15) is 6.04 Å². The van der Waals surface area contributed by atoms with E-state index in [2.05, 4.69) is 5.32 Å². The third kappa shape index (κ3) is 4.98. The van der Waals surface area contributed by atoms with Crippen molar-refractivity contribution in [3.63, 3.8) is 0 Å². The Morgan fingerprint density at radius 3 is 2.17 bits per heavy atom. The van der Waals surface area contributed by atoms with Gasteiger partial charge in [0.25, 0.3) is 0 Å². The molecule has 0 radical (unpaired) electrons. The third-order valence-electron chi connectivity index (χ3n) is 3.36. The molecule has 0 unspecified atom stereocenters. The zero-order chi connectivity index (χ0) is 16.8. The van der Waals surface area contributed by atoms with Crippen LogP contribution in [0.4, 0.5) is 0 Å². The van der Waals surface area contributed by atoms with Crippen LogP contribution in [0.25, 0.3) is 0 Å². The number of nitrogens with two attached hydrogens (primary N) is 1. The number of amides is 2. The maximum absolute atomic E-state index is 12.1. The predicted octanol–water partition coefficient (Wildman–Crippen LogP) is 2.75. The first-order chi connectivity index (χ1) is 11.0. The van der Waals surface area contributed by atoms with Crippen LogP contribution >= 0.6 is 23.2 Å². The zero-order valence-electron chi connectivity index (χ0n) is 12.3. The highest BCUT2D eigenvalue weighted by Gasteiger charge is 2.21. The fraction of sp³-hybridized carbons (Fsp3) is 0.176. The van der Waals surface area contributed by atoms with Gasteiger partial charge >= 0.3 is 0 Å². The van der Waals surface area contributed by atoms with E-state index in [1.807, 2.05) is 30.3 Å². The van der Waals surface area contributed by atoms with Gasteiger partial charge in [-0.15, -0.1) is 0 Å². The molecule has 0 fully saturated rings. The molecule has 120 valence electrons. The summed E-state index contributed by atoms with van der Waals surface area (Å²) in [4.78, 5) is 23.7. The fourth-order valence-electron chi connectivity index (χ4n) is 2.18. The molecule has 6 heteroatoms. The summed E-state index contributed by atoms with van der Waals surface area (Å²) < 4.78 is 0. The first-order valence-electron chi connectivity index (χ1n) is 7.03. The van der Waals surface area contributed by atoms with Crippen molar-refractivity contribution in [1.82, 2.24) is 5.32 Å². The summed E-state index contributed by atoms with van der Waals surface area (Å²) in [6, 6.07) is 13.4. The van der Waals surface area contributed by atoms with Gasteiger partial charge < -0.3 is 11.1 Å². The van der Waals surface area contributed by atoms with Crippen LogP contribution in [0.5, 0.6) is 0 Å². The Labute approximate surface area is 144 Å². The Kier molecular flexibility index (Phi) is 6.02. The van der Waals surface area contributed by atoms with Crippen molar-refractivity contribution >= 4 is 35.0 Å². The van der Waals surface area contributed by atoms with Crippen molar-refractivity contribution in [1.29, 1.82) is 0 Å². The third-order valence-corrected chi connectivity index (χ3v) is 4.06. The maximum Gasteiger partial charge on any atom is 0.240 e. The van der Waals surface area contributed by atoms with Crippen molar-refractivity contribution < 1.29 is 9.59 Å². The van der Waals surface area contributed by atoms with Gasteiger partial charge in [-0.05, 0) is 23.3 Å². The summed E-state index contributed by atoms with van der Waals surface area (Å²) >= 11 is 12.2. The van der Waals surface area contributed by atoms with E-state index in [9.17, 15) is 9.59 Å². The second-order valence-electron chi connectivity index (χ2n) is 5.09. The summed E-state index contributed by atoms with van der Waals surface area (Å²) in [5.74, 6) is -0.925. The number of carbonyl (C=O) groups is 2. The average Bonchev–Trinajstić information content (AvgIpc) is 2.50. The van der Waals surface area contributed by atoms with Crippen LogP contribution in [0.15, 0.2) is 48.5 Å². The van der Waals surface area contributed by atoms with Gasteiger partial charge in [-0.1, -0.05) is 59.6 Å². The molecule has 2 rings (SSSR count). The van der Waals surface area contributed by atoms with Gasteiger partial charge in [-0.2, -0.15) is 0 Å². The molecule has 23 heavy (non-hydrogen) atoms. The molecule has 0 aliphatic carbocycles. The number of hydrogen-bond acceptors (Lipinski definition) is 2. The molecule has 0 bridgehead atoms. The molecule has 0 saturated carbocycles. The van der Waals surface area contributed by atoms with E-state index >= 15 is 0 Å². The Balaban J connectivity index is 2.07. The molecule has 0 aliphatic rings. The smallest absolute Gasteiger partial charge is 0.240 e. The minimum absolute atomic E-state index is 0.147. The lowest BCUT2D eigenvalue weighted by atomic mass is 10.0. The van der Waals surface area contributed by atoms with E-state index < -0.39 is 11.9 Å². The number of rotatable bonds is 6. The molecule has 4 nitrogen and oxygen atoms in total. The lowest BCUT2D eigenvalue weighted by molar-refractivity contribution is -0.127. The molecular weight excluding hydrogens is 335 g/mol. The molecule has 0 aromatic heterocycles. The second kappa shape index (κ2) is 7.99. The average molecular weight is 351 g/mol. The monoisotopic (exact) mass is 350 g/mol. The topological polar surface area (TPSA) is 72.2 Å². The number of hydrogen-bond donors (Lipinski definition) is 2. The maximum atomic E-state index is 12.1. The molecule has 2 aromatic rings. The van der Waals surface area contributed by atoms with E-state index in [1.54, 1.807) is 18.2 Å². The highest BCUT2D eigenvalue weighted by molar-refractivity contribution is 6.36. The van der Waals surface area contributed by atoms with E-state index in [0.29, 0.717) is 15.6 Å². The van der Waals surface area contributed by atoms with Crippen molar-refractivity contribution in [2.75, 3.05) is 0 Å². The summed E-state index contributed by atoms with van der Waals surface area (Å²) in [5.41, 5.74) is 6.82. The van der Waals surface area contributed by atoms with Crippen LogP contribution in [0.1, 0.15) is 11.1 Å². The van der Waals surface area contributed by atoms with E-state index in [4.69, 9.17) is 28.9 Å². The van der Waals surface area contributed by atoms with Gasteiger partial charge in [0.15, 0.2) is 0 Å². The number of primary amides is 1.